The fourth-order valence-corrected chi connectivity index (χ4v) is 5.30. The van der Waals surface area contributed by atoms with Crippen LogP contribution in [0.4, 0.5) is 14.5 Å². The molecule has 7 nitrogen and oxygen atoms in total. The van der Waals surface area contributed by atoms with Gasteiger partial charge in [0.2, 0.25) is 0 Å². The van der Waals surface area contributed by atoms with Crippen LogP contribution in [0.15, 0.2) is 72.3 Å². The highest BCUT2D eigenvalue weighted by Crippen LogP contribution is 2.43. The minimum Gasteiger partial charge on any atom is -0.396 e. The summed E-state index contributed by atoms with van der Waals surface area (Å²) in [5, 5.41) is 4.10. The molecular weight excluding hydrogens is 474 g/mol. The number of pyridine rings is 3. The fraction of sp³-hybridized carbons (Fsp3) is 0.286. The van der Waals surface area contributed by atoms with Crippen LogP contribution >= 0.6 is 0 Å². The maximum absolute atomic E-state index is 13.8. The maximum atomic E-state index is 13.8. The summed E-state index contributed by atoms with van der Waals surface area (Å²) in [5.41, 5.74) is 5.74. The van der Waals surface area contributed by atoms with Crippen LogP contribution in [0.2, 0.25) is 0 Å². The molecule has 4 aromatic rings. The van der Waals surface area contributed by atoms with Gasteiger partial charge in [-0.05, 0) is 55.0 Å². The van der Waals surface area contributed by atoms with Gasteiger partial charge in [0, 0.05) is 62.3 Å². The number of aromatic nitrogens is 3. The van der Waals surface area contributed by atoms with E-state index in [1.807, 2.05) is 42.9 Å². The average Bonchev–Trinajstić information content (AvgIpc) is 2.87. The third-order valence-electron chi connectivity index (χ3n) is 6.94. The van der Waals surface area contributed by atoms with Gasteiger partial charge in [-0.2, -0.15) is 0 Å². The number of halogens is 2. The van der Waals surface area contributed by atoms with Crippen LogP contribution in [-0.4, -0.2) is 58.3 Å². The molecule has 0 bridgehead atoms. The van der Waals surface area contributed by atoms with E-state index in [4.69, 9.17) is 4.84 Å². The van der Waals surface area contributed by atoms with Crippen LogP contribution in [0.5, 0.6) is 0 Å². The predicted molar refractivity (Wildman–Crippen MR) is 137 cm³/mol. The molecule has 0 amide bonds. The molecule has 2 fully saturated rings. The molecule has 0 saturated carbocycles. The normalized spacial score (nSPS) is 17.1. The van der Waals surface area contributed by atoms with Crippen LogP contribution in [0.3, 0.4) is 0 Å². The largest absolute Gasteiger partial charge is 0.396 e. The number of hydrogen-bond acceptors (Lipinski definition) is 7. The number of hydrogen-bond donors (Lipinski definition) is 0. The van der Waals surface area contributed by atoms with E-state index in [1.165, 1.54) is 6.07 Å². The minimum absolute atomic E-state index is 0.321. The van der Waals surface area contributed by atoms with E-state index in [0.717, 1.165) is 67.1 Å². The van der Waals surface area contributed by atoms with Crippen molar-refractivity contribution in [1.29, 1.82) is 0 Å². The van der Waals surface area contributed by atoms with Crippen LogP contribution in [0.25, 0.3) is 11.0 Å². The van der Waals surface area contributed by atoms with E-state index in [0.29, 0.717) is 29.0 Å². The van der Waals surface area contributed by atoms with Crippen molar-refractivity contribution in [3.8, 4) is 0 Å². The molecule has 6 rings (SSSR count). The molecule has 0 N–H and O–H groups in total. The van der Waals surface area contributed by atoms with Gasteiger partial charge in [0.15, 0.2) is 11.6 Å². The summed E-state index contributed by atoms with van der Waals surface area (Å²) in [6.07, 6.45) is 5.48. The molecule has 9 heteroatoms. The first kappa shape index (κ1) is 23.4. The van der Waals surface area contributed by atoms with Gasteiger partial charge in [-0.1, -0.05) is 11.2 Å². The fourth-order valence-electron chi connectivity index (χ4n) is 5.30. The summed E-state index contributed by atoms with van der Waals surface area (Å²) in [6, 6.07) is 13.5. The number of oxime groups is 1. The second-order valence-electron chi connectivity index (χ2n) is 9.74. The topological polar surface area (TPSA) is 66.7 Å². The monoisotopic (exact) mass is 500 g/mol. The van der Waals surface area contributed by atoms with Crippen molar-refractivity contribution < 1.29 is 13.6 Å². The van der Waals surface area contributed by atoms with Gasteiger partial charge >= 0.3 is 0 Å². The smallest absolute Gasteiger partial charge is 0.159 e. The molecule has 3 aromatic heterocycles. The molecule has 0 atom stereocenters. The lowest BCUT2D eigenvalue weighted by molar-refractivity contribution is -0.0272. The summed E-state index contributed by atoms with van der Waals surface area (Å²) < 4.78 is 27.2. The number of nitrogens with zero attached hydrogens (tertiary/aromatic N) is 6. The lowest BCUT2D eigenvalue weighted by Crippen LogP contribution is -2.72. The highest BCUT2D eigenvalue weighted by molar-refractivity contribution is 6.11. The summed E-state index contributed by atoms with van der Waals surface area (Å²) in [5.74, 6) is -1.84. The molecule has 0 aliphatic carbocycles. The number of fused-ring (bicyclic) bond motifs is 1. The second-order valence-corrected chi connectivity index (χ2v) is 9.74. The standard InChI is InChI=1S/C28H26F2N6O/c1-2-37-34-26(20-6-7-21(29)22(30)12-20)24-8-5-19(13-33-24)14-35-15-28(16-35)17-36(18-28)25-9-11-31-23-4-3-10-32-27(23)25/h3-13H,2,14-18H2,1H3. The molecule has 2 saturated heterocycles. The van der Waals surface area contributed by atoms with Crippen molar-refractivity contribution in [2.45, 2.75) is 13.5 Å². The lowest BCUT2D eigenvalue weighted by atomic mass is 9.72. The zero-order valence-electron chi connectivity index (χ0n) is 20.4. The zero-order valence-corrected chi connectivity index (χ0v) is 20.4. The third-order valence-corrected chi connectivity index (χ3v) is 6.94. The summed E-state index contributed by atoms with van der Waals surface area (Å²) in [4.78, 5) is 23.5. The van der Waals surface area contributed by atoms with E-state index in [9.17, 15) is 8.78 Å². The Bertz CT molecular complexity index is 1460. The maximum Gasteiger partial charge on any atom is 0.159 e. The molecule has 1 aromatic carbocycles. The molecule has 2 aliphatic heterocycles. The Kier molecular flexibility index (Phi) is 6.00. The van der Waals surface area contributed by atoms with Gasteiger partial charge in [0.25, 0.3) is 0 Å². The quantitative estimate of drug-likeness (QED) is 0.277. The molecule has 0 unspecified atom stereocenters. The van der Waals surface area contributed by atoms with E-state index in [2.05, 4.69) is 36.0 Å². The van der Waals surface area contributed by atoms with Crippen LogP contribution < -0.4 is 4.90 Å². The Morgan fingerprint density at radius 2 is 1.84 bits per heavy atom. The first-order chi connectivity index (χ1) is 18.0. The molecule has 37 heavy (non-hydrogen) atoms. The lowest BCUT2D eigenvalue weighted by Gasteiger charge is -2.61. The van der Waals surface area contributed by atoms with Gasteiger partial charge in [0.1, 0.15) is 17.8 Å². The first-order valence-corrected chi connectivity index (χ1v) is 12.3. The van der Waals surface area contributed by atoms with Crippen LogP contribution in [-0.2, 0) is 11.4 Å². The number of anilines is 1. The third kappa shape index (κ3) is 4.51. The van der Waals surface area contributed by atoms with Crippen molar-refractivity contribution in [2.75, 3.05) is 37.7 Å². The van der Waals surface area contributed by atoms with Crippen molar-refractivity contribution in [2.24, 2.45) is 10.6 Å². The first-order valence-electron chi connectivity index (χ1n) is 12.3. The molecule has 0 radical (unpaired) electrons. The van der Waals surface area contributed by atoms with E-state index in [1.54, 1.807) is 6.92 Å². The van der Waals surface area contributed by atoms with E-state index < -0.39 is 11.6 Å². The van der Waals surface area contributed by atoms with Crippen molar-refractivity contribution in [1.82, 2.24) is 19.9 Å². The van der Waals surface area contributed by atoms with Gasteiger partial charge in [-0.25, -0.2) is 8.78 Å². The molecule has 1 spiro atoms. The molecule has 5 heterocycles. The van der Waals surface area contributed by atoms with Gasteiger partial charge in [-0.15, -0.1) is 0 Å². The number of benzene rings is 1. The number of rotatable bonds is 7. The Hall–Kier alpha value is -3.98. The van der Waals surface area contributed by atoms with Gasteiger partial charge in [-0.3, -0.25) is 19.9 Å². The van der Waals surface area contributed by atoms with E-state index >= 15 is 0 Å². The molecule has 2 aliphatic rings. The SMILES string of the molecule is CCON=C(c1ccc(F)c(F)c1)c1ccc(CN2CC3(C2)CN(c2ccnc4cccnc24)C3)cn1. The average molecular weight is 501 g/mol. The van der Waals surface area contributed by atoms with Crippen molar-refractivity contribution in [3.05, 3.63) is 95.6 Å². The Labute approximate surface area is 213 Å². The summed E-state index contributed by atoms with van der Waals surface area (Å²) in [6.45, 7) is 7.07. The Morgan fingerprint density at radius 3 is 2.59 bits per heavy atom. The van der Waals surface area contributed by atoms with Crippen LogP contribution in [0.1, 0.15) is 23.7 Å². The summed E-state index contributed by atoms with van der Waals surface area (Å²) >= 11 is 0. The van der Waals surface area contributed by atoms with Crippen molar-refractivity contribution >= 4 is 22.4 Å². The molecule has 188 valence electrons. The Balaban J connectivity index is 1.08. The Morgan fingerprint density at radius 1 is 0.973 bits per heavy atom. The van der Waals surface area contributed by atoms with Gasteiger partial charge < -0.3 is 9.74 Å². The molecular formula is C28H26F2N6O. The second kappa shape index (κ2) is 9.48. The van der Waals surface area contributed by atoms with Gasteiger partial charge in [0.05, 0.1) is 16.9 Å². The van der Waals surface area contributed by atoms with E-state index in [-0.39, 0.29) is 0 Å². The zero-order chi connectivity index (χ0) is 25.4. The highest BCUT2D eigenvalue weighted by atomic mass is 19.2. The highest BCUT2D eigenvalue weighted by Gasteiger charge is 2.51. The summed E-state index contributed by atoms with van der Waals surface area (Å²) in [7, 11) is 0. The minimum atomic E-state index is -0.937. The van der Waals surface area contributed by atoms with Crippen molar-refractivity contribution in [3.63, 3.8) is 0 Å². The number of likely N-dealkylation sites (tertiary alicyclic amines) is 1. The predicted octanol–water partition coefficient (Wildman–Crippen LogP) is 4.41. The van der Waals surface area contributed by atoms with Crippen LogP contribution in [0, 0.1) is 17.0 Å².